The predicted octanol–water partition coefficient (Wildman–Crippen LogP) is 1.39. The van der Waals surface area contributed by atoms with E-state index in [1.165, 1.54) is 28.0 Å². The minimum atomic E-state index is -4.69. The van der Waals surface area contributed by atoms with Crippen molar-refractivity contribution in [3.05, 3.63) is 35.6 Å². The second-order valence-corrected chi connectivity index (χ2v) is 5.24. The molecule has 22 heavy (non-hydrogen) atoms. The Morgan fingerprint density at radius 2 is 2.00 bits per heavy atom. The predicted molar refractivity (Wildman–Crippen MR) is 70.3 cm³/mol. The number of halogens is 4. The van der Waals surface area contributed by atoms with Gasteiger partial charge < -0.3 is 10.0 Å². The molecule has 0 saturated carbocycles. The molecule has 1 saturated heterocycles. The van der Waals surface area contributed by atoms with Crippen LogP contribution < -0.4 is 0 Å². The molecule has 0 radical (unpaired) electrons. The standard InChI is InChI=1S/C14H16F4N2O2/c15-11-3-1-2-10(6-11)7-20-5-4-19(9-13(20)22)8-12(21)14(16,17)18/h1-3,6,12,21H,4-5,7-9H2/t12-/m1/s1. The third-order valence-electron chi connectivity index (χ3n) is 3.47. The molecular weight excluding hydrogens is 304 g/mol. The average molecular weight is 320 g/mol. The van der Waals surface area contributed by atoms with Gasteiger partial charge in [0.2, 0.25) is 5.91 Å². The van der Waals surface area contributed by atoms with E-state index in [1.807, 2.05) is 0 Å². The van der Waals surface area contributed by atoms with Crippen molar-refractivity contribution in [2.45, 2.75) is 18.8 Å². The molecule has 1 aliphatic heterocycles. The third kappa shape index (κ3) is 4.41. The van der Waals surface area contributed by atoms with Crippen LogP contribution in [0.3, 0.4) is 0 Å². The topological polar surface area (TPSA) is 43.8 Å². The van der Waals surface area contributed by atoms with Crippen LogP contribution >= 0.6 is 0 Å². The number of carbonyl (C=O) groups is 1. The number of hydrogen-bond donors (Lipinski definition) is 1. The lowest BCUT2D eigenvalue weighted by atomic mass is 10.2. The number of hydrogen-bond acceptors (Lipinski definition) is 3. The first-order chi connectivity index (χ1) is 10.3. The van der Waals surface area contributed by atoms with Gasteiger partial charge in [-0.25, -0.2) is 4.39 Å². The van der Waals surface area contributed by atoms with E-state index in [9.17, 15) is 22.4 Å². The molecule has 2 rings (SSSR count). The van der Waals surface area contributed by atoms with Gasteiger partial charge >= 0.3 is 6.18 Å². The maximum atomic E-state index is 13.1. The Balaban J connectivity index is 1.89. The number of alkyl halides is 3. The van der Waals surface area contributed by atoms with Crippen molar-refractivity contribution >= 4 is 5.91 Å². The Bertz CT molecular complexity index is 536. The molecule has 1 amide bonds. The summed E-state index contributed by atoms with van der Waals surface area (Å²) < 4.78 is 50.0. The molecular formula is C14H16F4N2O2. The lowest BCUT2D eigenvalue weighted by Crippen LogP contribution is -2.53. The van der Waals surface area contributed by atoms with E-state index in [0.717, 1.165) is 0 Å². The molecule has 1 N–H and O–H groups in total. The monoisotopic (exact) mass is 320 g/mol. The molecule has 1 atom stereocenters. The van der Waals surface area contributed by atoms with E-state index in [0.29, 0.717) is 5.56 Å². The van der Waals surface area contributed by atoms with Crippen LogP contribution in [0.1, 0.15) is 5.56 Å². The number of piperazine rings is 1. The molecule has 1 aliphatic rings. The van der Waals surface area contributed by atoms with Crippen LogP contribution in [0.15, 0.2) is 24.3 Å². The summed E-state index contributed by atoms with van der Waals surface area (Å²) in [7, 11) is 0. The molecule has 1 aromatic rings. The molecule has 0 unspecified atom stereocenters. The Morgan fingerprint density at radius 1 is 1.27 bits per heavy atom. The Kier molecular flexibility index (Phi) is 5.02. The zero-order chi connectivity index (χ0) is 16.3. The highest BCUT2D eigenvalue weighted by atomic mass is 19.4. The fourth-order valence-electron chi connectivity index (χ4n) is 2.28. The highest BCUT2D eigenvalue weighted by molar-refractivity contribution is 5.79. The molecule has 0 aromatic heterocycles. The van der Waals surface area contributed by atoms with E-state index in [2.05, 4.69) is 0 Å². The summed E-state index contributed by atoms with van der Waals surface area (Å²) in [6, 6.07) is 5.82. The van der Waals surface area contributed by atoms with Gasteiger partial charge in [-0.05, 0) is 17.7 Å². The van der Waals surface area contributed by atoms with Gasteiger partial charge in [0.25, 0.3) is 0 Å². The number of aliphatic hydroxyl groups excluding tert-OH is 1. The Hall–Kier alpha value is -1.67. The summed E-state index contributed by atoms with van der Waals surface area (Å²) >= 11 is 0. The normalized spacial score (nSPS) is 18.6. The minimum Gasteiger partial charge on any atom is -0.382 e. The van der Waals surface area contributed by atoms with Crippen LogP contribution in [0.5, 0.6) is 0 Å². The van der Waals surface area contributed by atoms with E-state index in [-0.39, 0.29) is 32.1 Å². The van der Waals surface area contributed by atoms with Crippen LogP contribution in [0.4, 0.5) is 17.6 Å². The molecule has 1 fully saturated rings. The second-order valence-electron chi connectivity index (χ2n) is 5.24. The van der Waals surface area contributed by atoms with Crippen molar-refractivity contribution in [1.82, 2.24) is 9.80 Å². The average Bonchev–Trinajstić information content (AvgIpc) is 2.41. The summed E-state index contributed by atoms with van der Waals surface area (Å²) in [4.78, 5) is 14.7. The highest BCUT2D eigenvalue weighted by Crippen LogP contribution is 2.21. The fourth-order valence-corrected chi connectivity index (χ4v) is 2.28. The SMILES string of the molecule is O=C1CN(C[C@@H](O)C(F)(F)F)CCN1Cc1cccc(F)c1. The molecule has 8 heteroatoms. The van der Waals surface area contributed by atoms with Gasteiger partial charge in [0, 0.05) is 26.2 Å². The van der Waals surface area contributed by atoms with E-state index >= 15 is 0 Å². The molecule has 1 heterocycles. The molecule has 4 nitrogen and oxygen atoms in total. The Labute approximate surface area is 124 Å². The maximum absolute atomic E-state index is 13.1. The van der Waals surface area contributed by atoms with Gasteiger partial charge in [0.15, 0.2) is 6.10 Å². The van der Waals surface area contributed by atoms with Crippen molar-refractivity contribution < 1.29 is 27.5 Å². The van der Waals surface area contributed by atoms with E-state index < -0.39 is 24.6 Å². The van der Waals surface area contributed by atoms with Crippen LogP contribution in [-0.4, -0.2) is 59.3 Å². The molecule has 1 aromatic carbocycles. The molecule has 122 valence electrons. The van der Waals surface area contributed by atoms with Gasteiger partial charge in [0.1, 0.15) is 5.82 Å². The van der Waals surface area contributed by atoms with Gasteiger partial charge in [-0.2, -0.15) is 13.2 Å². The van der Waals surface area contributed by atoms with Gasteiger partial charge in [0.05, 0.1) is 6.54 Å². The first-order valence-corrected chi connectivity index (χ1v) is 6.75. The zero-order valence-electron chi connectivity index (χ0n) is 11.7. The van der Waals surface area contributed by atoms with Crippen LogP contribution in [0.2, 0.25) is 0 Å². The van der Waals surface area contributed by atoms with Gasteiger partial charge in [-0.3, -0.25) is 9.69 Å². The van der Waals surface area contributed by atoms with Gasteiger partial charge in [-0.15, -0.1) is 0 Å². The molecule has 0 spiro atoms. The second kappa shape index (κ2) is 6.62. The molecule has 0 aliphatic carbocycles. The number of rotatable bonds is 4. The van der Waals surface area contributed by atoms with Crippen molar-refractivity contribution in [3.8, 4) is 0 Å². The Morgan fingerprint density at radius 3 is 2.59 bits per heavy atom. The lowest BCUT2D eigenvalue weighted by Gasteiger charge is -2.35. The van der Waals surface area contributed by atoms with Crippen molar-refractivity contribution in [1.29, 1.82) is 0 Å². The van der Waals surface area contributed by atoms with Crippen LogP contribution in [0, 0.1) is 5.82 Å². The summed E-state index contributed by atoms with van der Waals surface area (Å²) in [6.07, 6.45) is -7.16. The number of nitrogens with zero attached hydrogens (tertiary/aromatic N) is 2. The fraction of sp³-hybridized carbons (Fsp3) is 0.500. The van der Waals surface area contributed by atoms with Crippen molar-refractivity contribution in [2.75, 3.05) is 26.2 Å². The maximum Gasteiger partial charge on any atom is 0.415 e. The lowest BCUT2D eigenvalue weighted by molar-refractivity contribution is -0.209. The number of aliphatic hydroxyl groups is 1. The number of β-amino-alcohol motifs (C(OH)–C–C–N with tert-alkyl or cyclic N) is 1. The summed E-state index contributed by atoms with van der Waals surface area (Å²) in [6.45, 7) is -0.133. The summed E-state index contributed by atoms with van der Waals surface area (Å²) in [5, 5.41) is 9.02. The quantitative estimate of drug-likeness (QED) is 0.853. The van der Waals surface area contributed by atoms with Crippen molar-refractivity contribution in [2.24, 2.45) is 0 Å². The van der Waals surface area contributed by atoms with Crippen LogP contribution in [0.25, 0.3) is 0 Å². The third-order valence-corrected chi connectivity index (χ3v) is 3.47. The zero-order valence-corrected chi connectivity index (χ0v) is 11.7. The minimum absolute atomic E-state index is 0.192. The van der Waals surface area contributed by atoms with Crippen molar-refractivity contribution in [3.63, 3.8) is 0 Å². The number of amides is 1. The molecule has 0 bridgehead atoms. The highest BCUT2D eigenvalue weighted by Gasteiger charge is 2.40. The number of benzene rings is 1. The number of carbonyl (C=O) groups excluding carboxylic acids is 1. The largest absolute Gasteiger partial charge is 0.415 e. The first kappa shape index (κ1) is 16.7. The van der Waals surface area contributed by atoms with E-state index in [1.54, 1.807) is 6.07 Å². The van der Waals surface area contributed by atoms with E-state index in [4.69, 9.17) is 5.11 Å². The summed E-state index contributed by atoms with van der Waals surface area (Å²) in [5.74, 6) is -0.748. The first-order valence-electron chi connectivity index (χ1n) is 6.75. The smallest absolute Gasteiger partial charge is 0.382 e. The summed E-state index contributed by atoms with van der Waals surface area (Å²) in [5.41, 5.74) is 0.622. The van der Waals surface area contributed by atoms with Gasteiger partial charge in [-0.1, -0.05) is 12.1 Å². The van der Waals surface area contributed by atoms with Crippen LogP contribution in [-0.2, 0) is 11.3 Å².